The molecule has 2 aliphatic heterocycles. The molecular formula is C25H23ClN2O2. The van der Waals surface area contributed by atoms with Crippen LogP contribution >= 0.6 is 11.6 Å². The van der Waals surface area contributed by atoms with Crippen LogP contribution in [0.5, 0.6) is 11.5 Å². The topological polar surface area (TPSA) is 34.1 Å². The second kappa shape index (κ2) is 7.69. The average Bonchev–Trinajstić information content (AvgIpc) is 3.19. The van der Waals surface area contributed by atoms with E-state index in [1.165, 1.54) is 0 Å². The van der Waals surface area contributed by atoms with Crippen molar-refractivity contribution in [3.8, 4) is 11.5 Å². The number of hydrogen-bond acceptors (Lipinski definition) is 4. The highest BCUT2D eigenvalue weighted by Gasteiger charge is 2.41. The standard InChI is InChI=1S/C25H23ClN2O2/c1-16(2)29-24-10-6-4-8-20(24)25-28-22(19-7-3-5-9-23(19)30-25)15-21(27-28)17-11-13-18(26)14-12-17/h3-14,16,22,25H,15H2,1-2H3. The number of ether oxygens (including phenoxy) is 2. The molecular weight excluding hydrogens is 396 g/mol. The van der Waals surface area contributed by atoms with Gasteiger partial charge in [-0.15, -0.1) is 0 Å². The summed E-state index contributed by atoms with van der Waals surface area (Å²) in [5.41, 5.74) is 4.25. The number of nitrogens with zero attached hydrogens (tertiary/aromatic N) is 2. The van der Waals surface area contributed by atoms with Crippen molar-refractivity contribution in [1.29, 1.82) is 0 Å². The molecule has 0 spiro atoms. The molecule has 0 bridgehead atoms. The molecule has 0 aliphatic carbocycles. The van der Waals surface area contributed by atoms with E-state index in [2.05, 4.69) is 23.2 Å². The lowest BCUT2D eigenvalue weighted by Gasteiger charge is -2.38. The highest BCUT2D eigenvalue weighted by Crippen LogP contribution is 2.48. The molecule has 0 saturated heterocycles. The van der Waals surface area contributed by atoms with E-state index in [0.717, 1.165) is 45.3 Å². The molecule has 3 aromatic rings. The zero-order chi connectivity index (χ0) is 20.7. The number of para-hydroxylation sites is 2. The fourth-order valence-electron chi connectivity index (χ4n) is 4.10. The summed E-state index contributed by atoms with van der Waals surface area (Å²) in [4.78, 5) is 0. The van der Waals surface area contributed by atoms with Gasteiger partial charge in [0.2, 0.25) is 6.23 Å². The second-order valence-electron chi connectivity index (χ2n) is 7.87. The second-order valence-corrected chi connectivity index (χ2v) is 8.30. The summed E-state index contributed by atoms with van der Waals surface area (Å²) < 4.78 is 12.6. The van der Waals surface area contributed by atoms with Gasteiger partial charge in [0.15, 0.2) is 0 Å². The van der Waals surface area contributed by atoms with Gasteiger partial charge in [-0.3, -0.25) is 0 Å². The van der Waals surface area contributed by atoms with Gasteiger partial charge in [-0.05, 0) is 49.7 Å². The highest BCUT2D eigenvalue weighted by atomic mass is 35.5. The largest absolute Gasteiger partial charge is 0.491 e. The zero-order valence-corrected chi connectivity index (χ0v) is 17.7. The lowest BCUT2D eigenvalue weighted by molar-refractivity contribution is -0.0210. The van der Waals surface area contributed by atoms with E-state index in [-0.39, 0.29) is 18.4 Å². The van der Waals surface area contributed by atoms with Gasteiger partial charge in [-0.2, -0.15) is 5.10 Å². The van der Waals surface area contributed by atoms with Gasteiger partial charge in [-0.25, -0.2) is 5.01 Å². The van der Waals surface area contributed by atoms with Crippen LogP contribution in [-0.4, -0.2) is 16.8 Å². The molecule has 5 rings (SSSR count). The number of hydrazone groups is 1. The van der Waals surface area contributed by atoms with Crippen molar-refractivity contribution in [2.45, 2.75) is 38.6 Å². The van der Waals surface area contributed by atoms with E-state index in [1.807, 2.05) is 68.4 Å². The van der Waals surface area contributed by atoms with Crippen molar-refractivity contribution in [3.05, 3.63) is 94.5 Å². The lowest BCUT2D eigenvalue weighted by Crippen LogP contribution is -2.34. The first-order chi connectivity index (χ1) is 14.6. The Morgan fingerprint density at radius 3 is 2.43 bits per heavy atom. The molecule has 0 amide bonds. The third-order valence-corrected chi connectivity index (χ3v) is 5.68. The Balaban J connectivity index is 1.59. The van der Waals surface area contributed by atoms with Gasteiger partial charge in [-0.1, -0.05) is 54.1 Å². The summed E-state index contributed by atoms with van der Waals surface area (Å²) in [7, 11) is 0. The van der Waals surface area contributed by atoms with Crippen molar-refractivity contribution in [1.82, 2.24) is 5.01 Å². The minimum Gasteiger partial charge on any atom is -0.491 e. The van der Waals surface area contributed by atoms with Crippen molar-refractivity contribution >= 4 is 17.3 Å². The van der Waals surface area contributed by atoms with Crippen molar-refractivity contribution in [2.75, 3.05) is 0 Å². The Labute approximate surface area is 181 Å². The SMILES string of the molecule is CC(C)Oc1ccccc1C1Oc2ccccc2C2CC(c3ccc(Cl)cc3)=NN21. The molecule has 152 valence electrons. The number of fused-ring (bicyclic) bond motifs is 3. The van der Waals surface area contributed by atoms with E-state index >= 15 is 0 Å². The molecule has 0 fully saturated rings. The van der Waals surface area contributed by atoms with E-state index in [0.29, 0.717) is 0 Å². The first kappa shape index (κ1) is 19.0. The molecule has 0 N–H and O–H groups in total. The van der Waals surface area contributed by atoms with Crippen LogP contribution in [0.4, 0.5) is 0 Å². The van der Waals surface area contributed by atoms with Crippen molar-refractivity contribution in [3.63, 3.8) is 0 Å². The van der Waals surface area contributed by atoms with Gasteiger partial charge in [0.25, 0.3) is 0 Å². The smallest absolute Gasteiger partial charge is 0.217 e. The van der Waals surface area contributed by atoms with Crippen LogP contribution in [0.1, 0.15) is 49.2 Å². The van der Waals surface area contributed by atoms with Crippen LogP contribution < -0.4 is 9.47 Å². The van der Waals surface area contributed by atoms with Crippen LogP contribution in [0.15, 0.2) is 77.9 Å². The maximum Gasteiger partial charge on any atom is 0.217 e. The number of hydrogen-bond donors (Lipinski definition) is 0. The molecule has 2 unspecified atom stereocenters. The predicted octanol–water partition coefficient (Wildman–Crippen LogP) is 6.37. The zero-order valence-electron chi connectivity index (χ0n) is 17.0. The minimum atomic E-state index is -0.357. The molecule has 4 nitrogen and oxygen atoms in total. The van der Waals surface area contributed by atoms with E-state index in [4.69, 9.17) is 26.2 Å². The minimum absolute atomic E-state index is 0.0736. The molecule has 30 heavy (non-hydrogen) atoms. The Hall–Kier alpha value is -2.98. The number of halogens is 1. The lowest BCUT2D eigenvalue weighted by atomic mass is 9.96. The predicted molar refractivity (Wildman–Crippen MR) is 119 cm³/mol. The monoisotopic (exact) mass is 418 g/mol. The summed E-state index contributed by atoms with van der Waals surface area (Å²) >= 11 is 6.09. The Morgan fingerprint density at radius 1 is 0.967 bits per heavy atom. The fourth-order valence-corrected chi connectivity index (χ4v) is 4.23. The van der Waals surface area contributed by atoms with Crippen LogP contribution in [0, 0.1) is 0 Å². The molecule has 2 heterocycles. The maximum absolute atomic E-state index is 6.48. The summed E-state index contributed by atoms with van der Waals surface area (Å²) in [6.45, 7) is 4.06. The summed E-state index contributed by atoms with van der Waals surface area (Å²) in [5.74, 6) is 1.72. The Bertz CT molecular complexity index is 1090. The summed E-state index contributed by atoms with van der Waals surface area (Å²) in [6.07, 6.45) is 0.528. The van der Waals surface area contributed by atoms with Crippen LogP contribution in [0.2, 0.25) is 5.02 Å². The molecule has 2 aliphatic rings. The van der Waals surface area contributed by atoms with Crippen LogP contribution in [0.25, 0.3) is 0 Å². The van der Waals surface area contributed by atoms with Crippen LogP contribution in [0.3, 0.4) is 0 Å². The summed E-state index contributed by atoms with van der Waals surface area (Å²) in [5, 5.41) is 7.81. The first-order valence-corrected chi connectivity index (χ1v) is 10.6. The third kappa shape index (κ3) is 3.41. The third-order valence-electron chi connectivity index (χ3n) is 5.42. The Morgan fingerprint density at radius 2 is 1.67 bits per heavy atom. The van der Waals surface area contributed by atoms with E-state index in [1.54, 1.807) is 0 Å². The van der Waals surface area contributed by atoms with Crippen molar-refractivity contribution in [2.24, 2.45) is 5.10 Å². The first-order valence-electron chi connectivity index (χ1n) is 10.2. The van der Waals surface area contributed by atoms with Crippen LogP contribution in [-0.2, 0) is 0 Å². The van der Waals surface area contributed by atoms with Gasteiger partial charge < -0.3 is 9.47 Å². The molecule has 0 aromatic heterocycles. The Kier molecular flexibility index (Phi) is 4.87. The van der Waals surface area contributed by atoms with E-state index in [9.17, 15) is 0 Å². The molecule has 0 saturated carbocycles. The molecule has 3 aromatic carbocycles. The maximum atomic E-state index is 6.48. The quantitative estimate of drug-likeness (QED) is 0.493. The van der Waals surface area contributed by atoms with E-state index < -0.39 is 0 Å². The summed E-state index contributed by atoms with van der Waals surface area (Å²) in [6, 6.07) is 24.3. The van der Waals surface area contributed by atoms with Gasteiger partial charge in [0.1, 0.15) is 11.5 Å². The number of benzene rings is 3. The van der Waals surface area contributed by atoms with Gasteiger partial charge >= 0.3 is 0 Å². The normalized spacial score (nSPS) is 19.7. The van der Waals surface area contributed by atoms with Gasteiger partial charge in [0, 0.05) is 17.0 Å². The van der Waals surface area contributed by atoms with Crippen molar-refractivity contribution < 1.29 is 9.47 Å². The molecule has 2 atom stereocenters. The highest BCUT2D eigenvalue weighted by molar-refractivity contribution is 6.30. The fraction of sp³-hybridized carbons (Fsp3) is 0.240. The number of rotatable bonds is 4. The van der Waals surface area contributed by atoms with Gasteiger partial charge in [0.05, 0.1) is 23.4 Å². The average molecular weight is 419 g/mol. The molecule has 0 radical (unpaired) electrons. The molecule has 5 heteroatoms.